The third kappa shape index (κ3) is 3.67. The lowest BCUT2D eigenvalue weighted by atomic mass is 10.1. The van der Waals surface area contributed by atoms with Crippen LogP contribution in [0.15, 0.2) is 16.6 Å². The fourth-order valence-electron chi connectivity index (χ4n) is 2.80. The molecule has 23 heavy (non-hydrogen) atoms. The first-order valence-corrected chi connectivity index (χ1v) is 8.28. The van der Waals surface area contributed by atoms with E-state index in [2.05, 4.69) is 26.1 Å². The van der Waals surface area contributed by atoms with Crippen molar-refractivity contribution < 1.29 is 19.1 Å². The second kappa shape index (κ2) is 7.79. The molecule has 1 fully saturated rings. The summed E-state index contributed by atoms with van der Waals surface area (Å²) in [6.45, 7) is 3.83. The van der Waals surface area contributed by atoms with Crippen LogP contribution in [0.2, 0.25) is 0 Å². The average molecular weight is 385 g/mol. The van der Waals surface area contributed by atoms with Gasteiger partial charge in [-0.3, -0.25) is 14.5 Å². The Kier molecular flexibility index (Phi) is 6.01. The number of likely N-dealkylation sites (tertiary alicyclic amines) is 1. The van der Waals surface area contributed by atoms with Crippen molar-refractivity contribution in [2.24, 2.45) is 0 Å². The van der Waals surface area contributed by atoms with Crippen molar-refractivity contribution in [2.75, 3.05) is 33.9 Å². The zero-order chi connectivity index (χ0) is 17.0. The molecule has 1 heterocycles. The fourth-order valence-corrected chi connectivity index (χ4v) is 3.30. The first-order valence-electron chi connectivity index (χ1n) is 7.48. The van der Waals surface area contributed by atoms with Gasteiger partial charge in [0.1, 0.15) is 17.1 Å². The summed E-state index contributed by atoms with van der Waals surface area (Å²) in [7, 11) is 2.99. The topological polar surface area (TPSA) is 67.9 Å². The number of ether oxygens (including phenoxy) is 2. The van der Waals surface area contributed by atoms with Crippen LogP contribution >= 0.6 is 15.9 Å². The number of Topliss-reactive ketones (excluding diaryl/α,β-unsaturated/α-hetero) is 1. The van der Waals surface area contributed by atoms with Gasteiger partial charge in [0.15, 0.2) is 5.78 Å². The third-order valence-electron chi connectivity index (χ3n) is 4.04. The monoisotopic (exact) mass is 384 g/mol. The Morgan fingerprint density at radius 3 is 2.74 bits per heavy atom. The highest BCUT2D eigenvalue weighted by Crippen LogP contribution is 2.35. The van der Waals surface area contributed by atoms with E-state index in [4.69, 9.17) is 9.47 Å². The number of amides is 1. The number of hydrogen-bond acceptors (Lipinski definition) is 5. The number of nitrogens with one attached hydrogen (secondary N) is 1. The number of benzene rings is 1. The third-order valence-corrected chi connectivity index (χ3v) is 4.67. The van der Waals surface area contributed by atoms with E-state index in [9.17, 15) is 9.59 Å². The predicted molar refractivity (Wildman–Crippen MR) is 90.2 cm³/mol. The van der Waals surface area contributed by atoms with Crippen LogP contribution in [0.25, 0.3) is 0 Å². The largest absolute Gasteiger partial charge is 0.496 e. The molecule has 0 saturated carbocycles. The molecule has 7 heteroatoms. The number of hydrogen-bond donors (Lipinski definition) is 1. The highest BCUT2D eigenvalue weighted by Gasteiger charge is 2.32. The van der Waals surface area contributed by atoms with Crippen LogP contribution in [0.4, 0.5) is 0 Å². The highest BCUT2D eigenvalue weighted by molar-refractivity contribution is 9.10. The molecule has 2 rings (SSSR count). The van der Waals surface area contributed by atoms with Gasteiger partial charge >= 0.3 is 0 Å². The molecule has 1 aliphatic rings. The van der Waals surface area contributed by atoms with Crippen molar-refractivity contribution in [3.63, 3.8) is 0 Å². The van der Waals surface area contributed by atoms with Gasteiger partial charge in [-0.05, 0) is 34.6 Å². The second-order valence-electron chi connectivity index (χ2n) is 5.23. The molecule has 1 unspecified atom stereocenters. The molecule has 1 amide bonds. The van der Waals surface area contributed by atoms with E-state index < -0.39 is 0 Å². The van der Waals surface area contributed by atoms with Gasteiger partial charge < -0.3 is 14.8 Å². The summed E-state index contributed by atoms with van der Waals surface area (Å²) in [6.07, 6.45) is 0.540. The quantitative estimate of drug-likeness (QED) is 0.810. The van der Waals surface area contributed by atoms with Gasteiger partial charge in [0.2, 0.25) is 0 Å². The van der Waals surface area contributed by atoms with Crippen LogP contribution < -0.4 is 14.8 Å². The minimum Gasteiger partial charge on any atom is -0.496 e. The minimum atomic E-state index is -0.323. The summed E-state index contributed by atoms with van der Waals surface area (Å²) in [6, 6.07) is 3.20. The summed E-state index contributed by atoms with van der Waals surface area (Å²) in [5, 5.41) is 2.83. The molecule has 0 spiro atoms. The van der Waals surface area contributed by atoms with Gasteiger partial charge in [-0.25, -0.2) is 0 Å². The summed E-state index contributed by atoms with van der Waals surface area (Å²) >= 11 is 3.36. The smallest absolute Gasteiger partial charge is 0.258 e. The Morgan fingerprint density at radius 1 is 1.39 bits per heavy atom. The molecule has 1 aliphatic heterocycles. The molecule has 1 atom stereocenters. The molecule has 6 nitrogen and oxygen atoms in total. The Hall–Kier alpha value is -1.60. The van der Waals surface area contributed by atoms with Crippen LogP contribution in [0, 0.1) is 0 Å². The van der Waals surface area contributed by atoms with E-state index >= 15 is 0 Å². The van der Waals surface area contributed by atoms with Gasteiger partial charge in [0.25, 0.3) is 5.91 Å². The Balaban J connectivity index is 2.18. The number of ketones is 1. The number of methoxy groups -OCH3 is 2. The lowest BCUT2D eigenvalue weighted by Gasteiger charge is -2.22. The zero-order valence-corrected chi connectivity index (χ0v) is 15.1. The Bertz CT molecular complexity index is 606. The van der Waals surface area contributed by atoms with Crippen molar-refractivity contribution >= 4 is 27.6 Å². The Morgan fingerprint density at radius 2 is 2.13 bits per heavy atom. The molecule has 0 aromatic heterocycles. The lowest BCUT2D eigenvalue weighted by Crippen LogP contribution is -2.43. The van der Waals surface area contributed by atoms with Crippen molar-refractivity contribution in [1.82, 2.24) is 10.2 Å². The maximum atomic E-state index is 12.6. The number of carbonyl (C=O) groups excluding carboxylic acids is 2. The van der Waals surface area contributed by atoms with Gasteiger partial charge in [0.05, 0.1) is 24.7 Å². The molecular formula is C16H21BrN2O4. The van der Waals surface area contributed by atoms with E-state index in [0.29, 0.717) is 28.0 Å². The van der Waals surface area contributed by atoms with Crippen molar-refractivity contribution in [3.8, 4) is 11.5 Å². The molecule has 1 aromatic carbocycles. The number of rotatable bonds is 6. The average Bonchev–Trinajstić information content (AvgIpc) is 2.92. The van der Waals surface area contributed by atoms with Gasteiger partial charge in [-0.1, -0.05) is 6.92 Å². The van der Waals surface area contributed by atoms with E-state index in [1.165, 1.54) is 14.2 Å². The molecule has 126 valence electrons. The lowest BCUT2D eigenvalue weighted by molar-refractivity contribution is -0.119. The van der Waals surface area contributed by atoms with E-state index in [1.807, 2.05) is 6.92 Å². The van der Waals surface area contributed by atoms with E-state index in [0.717, 1.165) is 13.1 Å². The molecule has 1 N–H and O–H groups in total. The van der Waals surface area contributed by atoms with Crippen LogP contribution in [0.1, 0.15) is 23.7 Å². The Labute approximate surface area is 144 Å². The predicted octanol–water partition coefficient (Wildman–Crippen LogP) is 1.86. The standard InChI is InChI=1S/C16H21BrN2O4/c1-4-19-8-7-12(20)11(19)9-18-16(21)14-13(22-2)6-5-10(17)15(14)23-3/h5-6,11H,4,7-9H2,1-3H3,(H,18,21). The SMILES string of the molecule is CCN1CCC(=O)C1CNC(=O)c1c(OC)ccc(Br)c1OC. The number of likely N-dealkylation sites (N-methyl/N-ethyl adjacent to an activating group) is 1. The van der Waals surface area contributed by atoms with Crippen LogP contribution in [-0.4, -0.2) is 56.5 Å². The van der Waals surface area contributed by atoms with Gasteiger partial charge in [-0.2, -0.15) is 0 Å². The molecule has 1 saturated heterocycles. The van der Waals surface area contributed by atoms with E-state index in [-0.39, 0.29) is 24.3 Å². The number of nitrogens with zero attached hydrogens (tertiary/aromatic N) is 1. The van der Waals surface area contributed by atoms with Gasteiger partial charge in [0, 0.05) is 19.5 Å². The number of halogens is 1. The first kappa shape index (κ1) is 17.7. The summed E-state index contributed by atoms with van der Waals surface area (Å²) in [5.41, 5.74) is 0.317. The van der Waals surface area contributed by atoms with Crippen molar-refractivity contribution in [1.29, 1.82) is 0 Å². The molecule has 0 bridgehead atoms. The van der Waals surface area contributed by atoms with Crippen LogP contribution in [-0.2, 0) is 4.79 Å². The second-order valence-corrected chi connectivity index (χ2v) is 6.08. The fraction of sp³-hybridized carbons (Fsp3) is 0.500. The van der Waals surface area contributed by atoms with E-state index in [1.54, 1.807) is 12.1 Å². The van der Waals surface area contributed by atoms with Crippen LogP contribution in [0.5, 0.6) is 11.5 Å². The molecule has 0 aliphatic carbocycles. The summed E-state index contributed by atoms with van der Waals surface area (Å²) < 4.78 is 11.2. The van der Waals surface area contributed by atoms with Crippen molar-refractivity contribution in [2.45, 2.75) is 19.4 Å². The van der Waals surface area contributed by atoms with Crippen molar-refractivity contribution in [3.05, 3.63) is 22.2 Å². The molecular weight excluding hydrogens is 364 g/mol. The summed E-state index contributed by atoms with van der Waals surface area (Å²) in [5.74, 6) is 0.677. The summed E-state index contributed by atoms with van der Waals surface area (Å²) in [4.78, 5) is 26.6. The number of carbonyl (C=O) groups is 2. The normalized spacial score (nSPS) is 18.1. The highest BCUT2D eigenvalue weighted by atomic mass is 79.9. The van der Waals surface area contributed by atoms with Gasteiger partial charge in [-0.15, -0.1) is 0 Å². The first-order chi connectivity index (χ1) is 11.0. The van der Waals surface area contributed by atoms with Crippen LogP contribution in [0.3, 0.4) is 0 Å². The maximum absolute atomic E-state index is 12.6. The minimum absolute atomic E-state index is 0.167. The molecule has 0 radical (unpaired) electrons. The zero-order valence-electron chi connectivity index (χ0n) is 13.5. The molecule has 1 aromatic rings. The maximum Gasteiger partial charge on any atom is 0.258 e.